The van der Waals surface area contributed by atoms with Gasteiger partial charge in [-0.05, 0) is 11.6 Å². The minimum absolute atomic E-state index is 0.0189. The Kier molecular flexibility index (Phi) is 7.17. The van der Waals surface area contributed by atoms with Gasteiger partial charge in [-0.3, -0.25) is 24.7 Å². The molecule has 1 fully saturated rings. The van der Waals surface area contributed by atoms with Gasteiger partial charge in [0, 0.05) is 50.4 Å². The molecule has 0 aliphatic carbocycles. The fourth-order valence-corrected chi connectivity index (χ4v) is 3.92. The molecule has 0 unspecified atom stereocenters. The van der Waals surface area contributed by atoms with Crippen LogP contribution < -0.4 is 4.74 Å². The summed E-state index contributed by atoms with van der Waals surface area (Å²) in [6, 6.07) is 4.77. The van der Waals surface area contributed by atoms with Crippen molar-refractivity contribution < 1.29 is 19.2 Å². The first-order valence-corrected chi connectivity index (χ1v) is 10.4. The molecule has 0 saturated carbocycles. The molecule has 1 aromatic carbocycles. The number of nitrogens with zero attached hydrogens (tertiary/aromatic N) is 5. The Morgan fingerprint density at radius 1 is 1.20 bits per heavy atom. The second kappa shape index (κ2) is 10.0. The van der Waals surface area contributed by atoms with Crippen molar-refractivity contribution in [1.29, 1.82) is 0 Å². The van der Waals surface area contributed by atoms with Crippen LogP contribution in [0.2, 0.25) is 0 Å². The van der Waals surface area contributed by atoms with Gasteiger partial charge in [0.05, 0.1) is 24.0 Å². The van der Waals surface area contributed by atoms with E-state index in [9.17, 15) is 19.7 Å². The number of benzene rings is 1. The van der Waals surface area contributed by atoms with Crippen molar-refractivity contribution in [1.82, 2.24) is 19.8 Å². The van der Waals surface area contributed by atoms with Crippen molar-refractivity contribution >= 4 is 29.3 Å². The van der Waals surface area contributed by atoms with E-state index in [1.807, 2.05) is 0 Å². The van der Waals surface area contributed by atoms with Crippen LogP contribution in [0.4, 0.5) is 5.69 Å². The monoisotopic (exact) mass is 431 g/mol. The average Bonchev–Trinajstić information content (AvgIpc) is 2.79. The summed E-state index contributed by atoms with van der Waals surface area (Å²) in [5, 5.41) is 11.1. The molecule has 1 saturated heterocycles. The zero-order valence-corrected chi connectivity index (χ0v) is 17.2. The number of piperazine rings is 1. The standard InChI is InChI=1S/C19H21N5O5S/c1-29-17-3-2-14(10-16(17)24(27)28)12-30-13-18(25)22-6-8-23(9-7-22)19(26)15-11-20-4-5-21-15/h2-5,10-11H,6-9,12-13H2,1H3. The number of hydrogen-bond acceptors (Lipinski definition) is 8. The number of nitro groups is 1. The molecule has 0 radical (unpaired) electrons. The van der Waals surface area contributed by atoms with E-state index in [0.717, 1.165) is 5.56 Å². The Bertz CT molecular complexity index is 919. The molecule has 30 heavy (non-hydrogen) atoms. The number of aromatic nitrogens is 2. The first kappa shape index (κ1) is 21.5. The van der Waals surface area contributed by atoms with Crippen LogP contribution >= 0.6 is 11.8 Å². The van der Waals surface area contributed by atoms with Gasteiger partial charge >= 0.3 is 5.69 Å². The summed E-state index contributed by atoms with van der Waals surface area (Å²) in [5.41, 5.74) is 0.951. The summed E-state index contributed by atoms with van der Waals surface area (Å²) in [6.45, 7) is 1.80. The van der Waals surface area contributed by atoms with Crippen LogP contribution in [0, 0.1) is 10.1 Å². The first-order chi connectivity index (χ1) is 14.5. The molecule has 0 spiro atoms. The van der Waals surface area contributed by atoms with Crippen molar-refractivity contribution in [2.75, 3.05) is 39.0 Å². The van der Waals surface area contributed by atoms with Crippen molar-refractivity contribution in [3.63, 3.8) is 0 Å². The van der Waals surface area contributed by atoms with E-state index in [1.54, 1.807) is 21.9 Å². The minimum atomic E-state index is -0.486. The van der Waals surface area contributed by atoms with E-state index < -0.39 is 4.92 Å². The summed E-state index contributed by atoms with van der Waals surface area (Å²) >= 11 is 1.39. The van der Waals surface area contributed by atoms with Gasteiger partial charge < -0.3 is 14.5 Å². The molecule has 3 rings (SSSR count). The Hall–Kier alpha value is -3.21. The predicted molar refractivity (Wildman–Crippen MR) is 110 cm³/mol. The van der Waals surface area contributed by atoms with Crippen LogP contribution in [0.15, 0.2) is 36.8 Å². The number of carbonyl (C=O) groups is 2. The Morgan fingerprint density at radius 2 is 1.93 bits per heavy atom. The lowest BCUT2D eigenvalue weighted by molar-refractivity contribution is -0.385. The maximum absolute atomic E-state index is 12.5. The predicted octanol–water partition coefficient (Wildman–Crippen LogP) is 1.61. The average molecular weight is 431 g/mol. The number of nitro benzene ring substituents is 1. The molecule has 1 aliphatic heterocycles. The van der Waals surface area contributed by atoms with E-state index in [0.29, 0.717) is 37.6 Å². The fourth-order valence-electron chi connectivity index (χ4n) is 3.05. The lowest BCUT2D eigenvalue weighted by atomic mass is 10.2. The molecule has 2 heterocycles. The molecule has 0 N–H and O–H groups in total. The smallest absolute Gasteiger partial charge is 0.311 e. The highest BCUT2D eigenvalue weighted by molar-refractivity contribution is 7.99. The molecule has 1 aliphatic rings. The zero-order chi connectivity index (χ0) is 21.5. The lowest BCUT2D eigenvalue weighted by Gasteiger charge is -2.34. The SMILES string of the molecule is COc1ccc(CSCC(=O)N2CCN(C(=O)c3cnccn3)CC2)cc1[N+](=O)[O-]. The minimum Gasteiger partial charge on any atom is -0.490 e. The van der Waals surface area contributed by atoms with E-state index in [2.05, 4.69) is 9.97 Å². The third-order valence-electron chi connectivity index (χ3n) is 4.64. The van der Waals surface area contributed by atoms with E-state index in [-0.39, 0.29) is 29.0 Å². The molecule has 1 aromatic heterocycles. The normalized spacial score (nSPS) is 13.8. The van der Waals surface area contributed by atoms with Crippen molar-refractivity contribution in [2.24, 2.45) is 0 Å². The molecule has 11 heteroatoms. The maximum Gasteiger partial charge on any atom is 0.311 e. The first-order valence-electron chi connectivity index (χ1n) is 9.21. The van der Waals surface area contributed by atoms with Gasteiger partial charge in [0.15, 0.2) is 5.75 Å². The van der Waals surface area contributed by atoms with Crippen LogP contribution in [0.1, 0.15) is 16.1 Å². The van der Waals surface area contributed by atoms with Crippen LogP contribution in [0.3, 0.4) is 0 Å². The van der Waals surface area contributed by atoms with Crippen molar-refractivity contribution in [3.8, 4) is 5.75 Å². The number of rotatable bonds is 7. The highest BCUT2D eigenvalue weighted by atomic mass is 32.2. The van der Waals surface area contributed by atoms with Gasteiger partial charge in [0.2, 0.25) is 5.91 Å². The molecular formula is C19H21N5O5S. The van der Waals surface area contributed by atoms with E-state index >= 15 is 0 Å². The summed E-state index contributed by atoms with van der Waals surface area (Å²) in [4.78, 5) is 46.8. The summed E-state index contributed by atoms with van der Waals surface area (Å²) < 4.78 is 4.99. The topological polar surface area (TPSA) is 119 Å². The number of carbonyl (C=O) groups excluding carboxylic acids is 2. The molecule has 0 bridgehead atoms. The van der Waals surface area contributed by atoms with Crippen molar-refractivity contribution in [2.45, 2.75) is 5.75 Å². The second-order valence-electron chi connectivity index (χ2n) is 6.52. The third-order valence-corrected chi connectivity index (χ3v) is 5.62. The Balaban J connectivity index is 1.46. The number of amides is 2. The Labute approximate surface area is 177 Å². The summed E-state index contributed by atoms with van der Waals surface area (Å²) in [6.07, 6.45) is 4.41. The zero-order valence-electron chi connectivity index (χ0n) is 16.4. The van der Waals surface area contributed by atoms with Gasteiger partial charge in [0.25, 0.3) is 5.91 Å². The van der Waals surface area contributed by atoms with Crippen LogP contribution in [-0.4, -0.2) is 75.5 Å². The summed E-state index contributed by atoms with van der Waals surface area (Å²) in [7, 11) is 1.38. The number of ether oxygens (including phenoxy) is 1. The van der Waals surface area contributed by atoms with Crippen LogP contribution in [0.25, 0.3) is 0 Å². The van der Waals surface area contributed by atoms with Gasteiger partial charge in [-0.1, -0.05) is 6.07 Å². The highest BCUT2D eigenvalue weighted by Crippen LogP contribution is 2.29. The fraction of sp³-hybridized carbons (Fsp3) is 0.368. The molecule has 10 nitrogen and oxygen atoms in total. The molecule has 0 atom stereocenters. The molecule has 2 amide bonds. The number of hydrogen-bond donors (Lipinski definition) is 0. The highest BCUT2D eigenvalue weighted by Gasteiger charge is 2.25. The molecule has 158 valence electrons. The molecule has 2 aromatic rings. The second-order valence-corrected chi connectivity index (χ2v) is 7.51. The lowest BCUT2D eigenvalue weighted by Crippen LogP contribution is -2.51. The number of methoxy groups -OCH3 is 1. The van der Waals surface area contributed by atoms with E-state index in [4.69, 9.17) is 4.74 Å². The quantitative estimate of drug-likeness (QED) is 0.479. The van der Waals surface area contributed by atoms with Gasteiger partial charge in [-0.15, -0.1) is 11.8 Å². The number of thioether (sulfide) groups is 1. The summed E-state index contributed by atoms with van der Waals surface area (Å²) in [5.74, 6) is 0.735. The van der Waals surface area contributed by atoms with Gasteiger partial charge in [-0.2, -0.15) is 0 Å². The third kappa shape index (κ3) is 5.23. The maximum atomic E-state index is 12.5. The Morgan fingerprint density at radius 3 is 2.57 bits per heavy atom. The van der Waals surface area contributed by atoms with Gasteiger partial charge in [-0.25, -0.2) is 4.98 Å². The van der Waals surface area contributed by atoms with Crippen LogP contribution in [-0.2, 0) is 10.5 Å². The molecular weight excluding hydrogens is 410 g/mol. The van der Waals surface area contributed by atoms with Crippen molar-refractivity contribution in [3.05, 3.63) is 58.2 Å². The van der Waals surface area contributed by atoms with E-state index in [1.165, 1.54) is 43.5 Å². The van der Waals surface area contributed by atoms with Gasteiger partial charge in [0.1, 0.15) is 5.69 Å². The largest absolute Gasteiger partial charge is 0.490 e. The van der Waals surface area contributed by atoms with Crippen LogP contribution in [0.5, 0.6) is 5.75 Å².